The van der Waals surface area contributed by atoms with E-state index in [4.69, 9.17) is 0 Å². The first-order chi connectivity index (χ1) is 10.3. The predicted molar refractivity (Wildman–Crippen MR) is 83.9 cm³/mol. The van der Waals surface area contributed by atoms with Crippen molar-refractivity contribution in [3.63, 3.8) is 0 Å². The number of rotatable bonds is 2. The maximum atomic E-state index is 13.0. The number of aliphatic hydroxyl groups excluding tert-OH is 1. The summed E-state index contributed by atoms with van der Waals surface area (Å²) in [5, 5.41) is 10.6. The third kappa shape index (κ3) is 2.76. The molecular weight excluding hydrogens is 302 g/mol. The molecule has 0 amide bonds. The molecule has 0 aliphatic carbocycles. The van der Waals surface area contributed by atoms with Gasteiger partial charge in [-0.1, -0.05) is 13.8 Å². The zero-order chi connectivity index (χ0) is 16.0. The lowest BCUT2D eigenvalue weighted by Crippen LogP contribution is -2.37. The fourth-order valence-corrected chi connectivity index (χ4v) is 4.94. The van der Waals surface area contributed by atoms with Crippen molar-refractivity contribution in [1.29, 1.82) is 0 Å². The molecule has 3 rings (SSSR count). The number of fused-ring (bicyclic) bond motifs is 1. The number of nitrogens with zero attached hydrogens (tertiary/aromatic N) is 2. The average Bonchev–Trinajstić information content (AvgIpc) is 2.81. The first-order valence-corrected chi connectivity index (χ1v) is 8.84. The SMILES string of the molecule is CC1(C)CC(O)CCN(S(=O)(=O)c2c[nH]c3ncccc23)C1. The molecule has 2 N–H and O–H groups in total. The van der Waals surface area contributed by atoms with Crippen molar-refractivity contribution in [2.24, 2.45) is 5.41 Å². The van der Waals surface area contributed by atoms with Crippen LogP contribution in [0, 0.1) is 5.41 Å². The van der Waals surface area contributed by atoms with Gasteiger partial charge in [0.15, 0.2) is 0 Å². The maximum Gasteiger partial charge on any atom is 0.245 e. The van der Waals surface area contributed by atoms with E-state index in [2.05, 4.69) is 9.97 Å². The second-order valence-electron chi connectivity index (χ2n) is 6.70. The average molecular weight is 323 g/mol. The number of nitrogens with one attached hydrogen (secondary N) is 1. The Kier molecular flexibility index (Phi) is 3.74. The van der Waals surface area contributed by atoms with Crippen molar-refractivity contribution >= 4 is 21.1 Å². The van der Waals surface area contributed by atoms with Gasteiger partial charge in [0.2, 0.25) is 10.0 Å². The minimum absolute atomic E-state index is 0.253. The molecule has 3 heterocycles. The van der Waals surface area contributed by atoms with E-state index in [1.807, 2.05) is 13.8 Å². The number of sulfonamides is 1. The molecule has 1 saturated heterocycles. The molecule has 6 nitrogen and oxygen atoms in total. The Hall–Kier alpha value is -1.44. The minimum Gasteiger partial charge on any atom is -0.393 e. The number of pyridine rings is 1. The first kappa shape index (κ1) is 15.5. The summed E-state index contributed by atoms with van der Waals surface area (Å²) < 4.78 is 27.5. The van der Waals surface area contributed by atoms with Gasteiger partial charge in [-0.3, -0.25) is 0 Å². The molecule has 22 heavy (non-hydrogen) atoms. The quantitative estimate of drug-likeness (QED) is 0.881. The lowest BCUT2D eigenvalue weighted by atomic mass is 9.87. The molecule has 0 saturated carbocycles. The van der Waals surface area contributed by atoms with Crippen LogP contribution >= 0.6 is 0 Å². The monoisotopic (exact) mass is 323 g/mol. The van der Waals surface area contributed by atoms with Crippen LogP contribution in [0.3, 0.4) is 0 Å². The number of aliphatic hydroxyl groups is 1. The van der Waals surface area contributed by atoms with Crippen molar-refractivity contribution in [2.75, 3.05) is 13.1 Å². The normalized spacial score (nSPS) is 23.5. The fourth-order valence-electron chi connectivity index (χ4n) is 3.14. The lowest BCUT2D eigenvalue weighted by Gasteiger charge is -2.29. The molecule has 1 atom stereocenters. The van der Waals surface area contributed by atoms with Gasteiger partial charge < -0.3 is 10.1 Å². The number of hydrogen-bond donors (Lipinski definition) is 2. The summed E-state index contributed by atoms with van der Waals surface area (Å²) in [4.78, 5) is 7.31. The topological polar surface area (TPSA) is 86.3 Å². The largest absolute Gasteiger partial charge is 0.393 e. The van der Waals surface area contributed by atoms with E-state index in [0.717, 1.165) is 0 Å². The van der Waals surface area contributed by atoms with Gasteiger partial charge in [-0.15, -0.1) is 0 Å². The van der Waals surface area contributed by atoms with E-state index >= 15 is 0 Å². The molecule has 0 aromatic carbocycles. The molecule has 1 unspecified atom stereocenters. The smallest absolute Gasteiger partial charge is 0.245 e. The number of aromatic nitrogens is 2. The molecule has 0 spiro atoms. The highest BCUT2D eigenvalue weighted by molar-refractivity contribution is 7.89. The van der Waals surface area contributed by atoms with Crippen LogP contribution in [-0.2, 0) is 10.0 Å². The zero-order valence-corrected chi connectivity index (χ0v) is 13.6. The van der Waals surface area contributed by atoms with Crippen molar-refractivity contribution < 1.29 is 13.5 Å². The molecule has 1 aliphatic rings. The van der Waals surface area contributed by atoms with Crippen LogP contribution < -0.4 is 0 Å². The summed E-state index contributed by atoms with van der Waals surface area (Å²) in [6, 6.07) is 3.48. The van der Waals surface area contributed by atoms with Crippen LogP contribution in [0.5, 0.6) is 0 Å². The summed E-state index contributed by atoms with van der Waals surface area (Å²) in [5.74, 6) is 0. The van der Waals surface area contributed by atoms with Gasteiger partial charge in [0.1, 0.15) is 10.5 Å². The van der Waals surface area contributed by atoms with Crippen LogP contribution in [0.4, 0.5) is 0 Å². The van der Waals surface area contributed by atoms with Crippen molar-refractivity contribution in [1.82, 2.24) is 14.3 Å². The van der Waals surface area contributed by atoms with Crippen LogP contribution in [0.2, 0.25) is 0 Å². The van der Waals surface area contributed by atoms with E-state index < -0.39 is 16.1 Å². The molecule has 7 heteroatoms. The first-order valence-electron chi connectivity index (χ1n) is 7.40. The van der Waals surface area contributed by atoms with Crippen molar-refractivity contribution in [3.05, 3.63) is 24.5 Å². The van der Waals surface area contributed by atoms with Crippen LogP contribution in [0.15, 0.2) is 29.4 Å². The Morgan fingerprint density at radius 1 is 1.45 bits per heavy atom. The Balaban J connectivity index is 2.02. The summed E-state index contributed by atoms with van der Waals surface area (Å²) in [6.45, 7) is 4.71. The van der Waals surface area contributed by atoms with E-state index in [1.54, 1.807) is 18.3 Å². The predicted octanol–water partition coefficient (Wildman–Crippen LogP) is 1.73. The highest BCUT2D eigenvalue weighted by Gasteiger charge is 2.36. The molecule has 0 bridgehead atoms. The van der Waals surface area contributed by atoms with E-state index in [9.17, 15) is 13.5 Å². The standard InChI is InChI=1S/C15H21N3O3S/c1-15(2)8-11(19)5-7-18(10-15)22(20,21)13-9-17-14-12(13)4-3-6-16-14/h3-4,6,9,11,19H,5,7-8,10H2,1-2H3,(H,16,17). The summed E-state index contributed by atoms with van der Waals surface area (Å²) in [6.07, 6.45) is 3.74. The molecule has 0 radical (unpaired) electrons. The second kappa shape index (κ2) is 5.33. The van der Waals surface area contributed by atoms with Crippen LogP contribution in [0.1, 0.15) is 26.7 Å². The minimum atomic E-state index is -3.61. The van der Waals surface area contributed by atoms with Gasteiger partial charge >= 0.3 is 0 Å². The third-order valence-corrected chi connectivity index (χ3v) is 6.02. The second-order valence-corrected chi connectivity index (χ2v) is 8.61. The van der Waals surface area contributed by atoms with E-state index in [1.165, 1.54) is 10.5 Å². The Bertz CT molecular complexity index is 782. The van der Waals surface area contributed by atoms with Gasteiger partial charge in [-0.25, -0.2) is 13.4 Å². The number of H-pyrrole nitrogens is 1. The highest BCUT2D eigenvalue weighted by Crippen LogP contribution is 2.32. The van der Waals surface area contributed by atoms with Gasteiger partial charge in [0.05, 0.1) is 6.10 Å². The Morgan fingerprint density at radius 3 is 3.00 bits per heavy atom. The van der Waals surface area contributed by atoms with E-state index in [-0.39, 0.29) is 10.3 Å². The number of aromatic amines is 1. The van der Waals surface area contributed by atoms with Crippen molar-refractivity contribution in [3.8, 4) is 0 Å². The molecule has 2 aromatic heterocycles. The van der Waals surface area contributed by atoms with Crippen LogP contribution in [-0.4, -0.2) is 47.0 Å². The summed E-state index contributed by atoms with van der Waals surface area (Å²) >= 11 is 0. The Labute approximate surface area is 130 Å². The summed E-state index contributed by atoms with van der Waals surface area (Å²) in [5.41, 5.74) is 0.308. The molecular formula is C15H21N3O3S. The van der Waals surface area contributed by atoms with Gasteiger partial charge in [-0.2, -0.15) is 4.31 Å². The molecule has 1 aliphatic heterocycles. The van der Waals surface area contributed by atoms with E-state index in [0.29, 0.717) is 37.0 Å². The fraction of sp³-hybridized carbons (Fsp3) is 0.533. The highest BCUT2D eigenvalue weighted by atomic mass is 32.2. The lowest BCUT2D eigenvalue weighted by molar-refractivity contribution is 0.122. The maximum absolute atomic E-state index is 13.0. The van der Waals surface area contributed by atoms with Gasteiger partial charge in [0, 0.05) is 30.9 Å². The molecule has 1 fully saturated rings. The molecule has 2 aromatic rings. The van der Waals surface area contributed by atoms with Crippen molar-refractivity contribution in [2.45, 2.75) is 37.7 Å². The van der Waals surface area contributed by atoms with Crippen LogP contribution in [0.25, 0.3) is 11.0 Å². The third-order valence-electron chi connectivity index (χ3n) is 4.14. The van der Waals surface area contributed by atoms with Gasteiger partial charge in [-0.05, 0) is 30.4 Å². The molecule has 120 valence electrons. The Morgan fingerprint density at radius 2 is 2.23 bits per heavy atom. The summed E-state index contributed by atoms with van der Waals surface area (Å²) in [7, 11) is -3.61. The number of hydrogen-bond acceptors (Lipinski definition) is 4. The zero-order valence-electron chi connectivity index (χ0n) is 12.8. The van der Waals surface area contributed by atoms with Gasteiger partial charge in [0.25, 0.3) is 0 Å².